The van der Waals surface area contributed by atoms with Crippen LogP contribution in [-0.4, -0.2) is 16.9 Å². The molecule has 1 heterocycles. The Balaban J connectivity index is 1.71. The van der Waals surface area contributed by atoms with E-state index in [2.05, 4.69) is 32.9 Å². The van der Waals surface area contributed by atoms with E-state index in [4.69, 9.17) is 9.15 Å². The molecule has 0 aliphatic carbocycles. The van der Waals surface area contributed by atoms with E-state index in [1.807, 2.05) is 54.6 Å². The molecular formula is C25H29NO3. The third kappa shape index (κ3) is 5.74. The zero-order valence-electron chi connectivity index (χ0n) is 17.6. The number of benzene rings is 2. The van der Waals surface area contributed by atoms with Crippen molar-refractivity contribution in [2.45, 2.75) is 52.3 Å². The average Bonchev–Trinajstić information content (AvgIpc) is 3.20. The van der Waals surface area contributed by atoms with Crippen LogP contribution in [0.4, 0.5) is 0 Å². The van der Waals surface area contributed by atoms with Crippen molar-refractivity contribution in [3.8, 4) is 5.75 Å². The highest BCUT2D eigenvalue weighted by molar-refractivity contribution is 5.80. The molecule has 1 atom stereocenters. The molecule has 0 spiro atoms. The highest BCUT2D eigenvalue weighted by atomic mass is 16.5. The minimum Gasteiger partial charge on any atom is -0.481 e. The van der Waals surface area contributed by atoms with Crippen LogP contribution in [0.3, 0.4) is 0 Å². The lowest BCUT2D eigenvalue weighted by Crippen LogP contribution is -2.39. The van der Waals surface area contributed by atoms with Gasteiger partial charge in [-0.15, -0.1) is 0 Å². The fourth-order valence-electron chi connectivity index (χ4n) is 3.15. The molecule has 0 bridgehead atoms. The molecular weight excluding hydrogens is 362 g/mol. The molecule has 1 amide bonds. The lowest BCUT2D eigenvalue weighted by Gasteiger charge is -2.26. The summed E-state index contributed by atoms with van der Waals surface area (Å²) in [5.41, 5.74) is 2.37. The summed E-state index contributed by atoms with van der Waals surface area (Å²) in [5.74, 6) is 1.36. The SMILES string of the molecule is CC(Oc1ccc(C(C)(C)C)cc1)C(=O)N(Cc1ccccc1)Cc1ccco1. The zero-order valence-corrected chi connectivity index (χ0v) is 17.6. The number of carbonyl (C=O) groups is 1. The molecule has 0 aliphatic rings. The molecule has 0 fully saturated rings. The monoisotopic (exact) mass is 391 g/mol. The van der Waals surface area contributed by atoms with Crippen LogP contribution < -0.4 is 4.74 Å². The van der Waals surface area contributed by atoms with E-state index in [9.17, 15) is 4.79 Å². The Bertz CT molecular complexity index is 894. The van der Waals surface area contributed by atoms with E-state index in [0.717, 1.165) is 11.3 Å². The molecule has 3 aromatic rings. The summed E-state index contributed by atoms with van der Waals surface area (Å²) in [6.07, 6.45) is 1.02. The van der Waals surface area contributed by atoms with Crippen molar-refractivity contribution in [3.05, 3.63) is 89.9 Å². The number of rotatable bonds is 7. The zero-order chi connectivity index (χ0) is 20.9. The van der Waals surface area contributed by atoms with Crippen molar-refractivity contribution in [3.63, 3.8) is 0 Å². The minimum atomic E-state index is -0.603. The van der Waals surface area contributed by atoms with Gasteiger partial charge in [0.15, 0.2) is 6.10 Å². The highest BCUT2D eigenvalue weighted by Gasteiger charge is 2.24. The first-order valence-corrected chi connectivity index (χ1v) is 9.95. The van der Waals surface area contributed by atoms with Crippen molar-refractivity contribution in [1.29, 1.82) is 0 Å². The summed E-state index contributed by atoms with van der Waals surface area (Å²) in [6, 6.07) is 21.6. The Morgan fingerprint density at radius 2 is 1.66 bits per heavy atom. The first-order valence-electron chi connectivity index (χ1n) is 9.95. The van der Waals surface area contributed by atoms with Crippen molar-refractivity contribution < 1.29 is 13.9 Å². The molecule has 0 saturated carbocycles. The molecule has 0 radical (unpaired) electrons. The van der Waals surface area contributed by atoms with Gasteiger partial charge in [0.1, 0.15) is 11.5 Å². The molecule has 2 aromatic carbocycles. The summed E-state index contributed by atoms with van der Waals surface area (Å²) in [6.45, 7) is 9.20. The van der Waals surface area contributed by atoms with Crippen molar-refractivity contribution in [2.24, 2.45) is 0 Å². The molecule has 1 unspecified atom stereocenters. The maximum absolute atomic E-state index is 13.2. The quantitative estimate of drug-likeness (QED) is 0.528. The van der Waals surface area contributed by atoms with Gasteiger partial charge < -0.3 is 14.1 Å². The van der Waals surface area contributed by atoms with E-state index in [0.29, 0.717) is 18.8 Å². The Hall–Kier alpha value is -3.01. The molecule has 1 aromatic heterocycles. The fraction of sp³-hybridized carbons (Fsp3) is 0.320. The minimum absolute atomic E-state index is 0.0786. The van der Waals surface area contributed by atoms with Gasteiger partial charge in [0.05, 0.1) is 12.8 Å². The van der Waals surface area contributed by atoms with Gasteiger partial charge in [-0.3, -0.25) is 4.79 Å². The van der Waals surface area contributed by atoms with Crippen LogP contribution in [0.1, 0.15) is 44.6 Å². The second-order valence-electron chi connectivity index (χ2n) is 8.29. The number of carbonyl (C=O) groups excluding carboxylic acids is 1. The van der Waals surface area contributed by atoms with Crippen LogP contribution in [0.15, 0.2) is 77.4 Å². The molecule has 152 valence electrons. The van der Waals surface area contributed by atoms with Gasteiger partial charge in [-0.05, 0) is 47.7 Å². The summed E-state index contributed by atoms with van der Waals surface area (Å²) in [5, 5.41) is 0. The maximum atomic E-state index is 13.2. The molecule has 4 nitrogen and oxygen atoms in total. The van der Waals surface area contributed by atoms with Gasteiger partial charge in [-0.1, -0.05) is 63.2 Å². The lowest BCUT2D eigenvalue weighted by atomic mass is 9.87. The molecule has 4 heteroatoms. The van der Waals surface area contributed by atoms with Gasteiger partial charge in [-0.2, -0.15) is 0 Å². The topological polar surface area (TPSA) is 42.7 Å². The van der Waals surface area contributed by atoms with E-state index in [-0.39, 0.29) is 11.3 Å². The number of hydrogen-bond donors (Lipinski definition) is 0. The number of furan rings is 1. The van der Waals surface area contributed by atoms with Crippen molar-refractivity contribution in [2.75, 3.05) is 0 Å². The van der Waals surface area contributed by atoms with E-state index in [1.165, 1.54) is 5.56 Å². The predicted octanol–water partition coefficient (Wildman–Crippen LogP) is 5.57. The lowest BCUT2D eigenvalue weighted by molar-refractivity contribution is -0.139. The molecule has 29 heavy (non-hydrogen) atoms. The summed E-state index contributed by atoms with van der Waals surface area (Å²) < 4.78 is 11.4. The first kappa shape index (κ1) is 20.7. The smallest absolute Gasteiger partial charge is 0.264 e. The van der Waals surface area contributed by atoms with Gasteiger partial charge in [0.25, 0.3) is 5.91 Å². The van der Waals surface area contributed by atoms with Gasteiger partial charge in [0.2, 0.25) is 0 Å². The fourth-order valence-corrected chi connectivity index (χ4v) is 3.15. The Kier molecular flexibility index (Phi) is 6.42. The Morgan fingerprint density at radius 1 is 0.966 bits per heavy atom. The van der Waals surface area contributed by atoms with Crippen molar-refractivity contribution >= 4 is 5.91 Å². The highest BCUT2D eigenvalue weighted by Crippen LogP contribution is 2.25. The van der Waals surface area contributed by atoms with Gasteiger partial charge in [0, 0.05) is 6.54 Å². The van der Waals surface area contributed by atoms with Crippen LogP contribution in [-0.2, 0) is 23.3 Å². The summed E-state index contributed by atoms with van der Waals surface area (Å²) >= 11 is 0. The predicted molar refractivity (Wildman–Crippen MR) is 115 cm³/mol. The van der Waals surface area contributed by atoms with Gasteiger partial charge >= 0.3 is 0 Å². The second-order valence-corrected chi connectivity index (χ2v) is 8.29. The van der Waals surface area contributed by atoms with Crippen LogP contribution >= 0.6 is 0 Å². The van der Waals surface area contributed by atoms with Gasteiger partial charge in [-0.25, -0.2) is 0 Å². The Labute approximate surface area is 173 Å². The maximum Gasteiger partial charge on any atom is 0.264 e. The molecule has 0 N–H and O–H groups in total. The third-order valence-electron chi connectivity index (χ3n) is 4.84. The first-order chi connectivity index (χ1) is 13.8. The average molecular weight is 392 g/mol. The number of hydrogen-bond acceptors (Lipinski definition) is 3. The largest absolute Gasteiger partial charge is 0.481 e. The summed E-state index contributed by atoms with van der Waals surface area (Å²) in [4.78, 5) is 14.9. The molecule has 0 saturated heterocycles. The molecule has 0 aliphatic heterocycles. The van der Waals surface area contributed by atoms with E-state index in [1.54, 1.807) is 18.1 Å². The molecule has 3 rings (SSSR count). The van der Waals surface area contributed by atoms with Crippen LogP contribution in [0.25, 0.3) is 0 Å². The normalized spacial score (nSPS) is 12.4. The number of ether oxygens (including phenoxy) is 1. The standard InChI is InChI=1S/C25H29NO3/c1-19(29-22-14-12-21(13-15-22)25(2,3)4)24(27)26(18-23-11-8-16-28-23)17-20-9-6-5-7-10-20/h5-16,19H,17-18H2,1-4H3. The van der Waals surface area contributed by atoms with Crippen LogP contribution in [0.5, 0.6) is 5.75 Å². The van der Waals surface area contributed by atoms with E-state index >= 15 is 0 Å². The van der Waals surface area contributed by atoms with Crippen molar-refractivity contribution in [1.82, 2.24) is 4.90 Å². The summed E-state index contributed by atoms with van der Waals surface area (Å²) in [7, 11) is 0. The third-order valence-corrected chi connectivity index (χ3v) is 4.84. The van der Waals surface area contributed by atoms with Crippen LogP contribution in [0, 0.1) is 0 Å². The number of nitrogens with zero attached hydrogens (tertiary/aromatic N) is 1. The second kappa shape index (κ2) is 8.99. The van der Waals surface area contributed by atoms with E-state index < -0.39 is 6.10 Å². The Morgan fingerprint density at radius 3 is 2.24 bits per heavy atom. The number of amides is 1. The van der Waals surface area contributed by atoms with Crippen LogP contribution in [0.2, 0.25) is 0 Å².